The molecule has 1 amide bonds. The van der Waals surface area contributed by atoms with Crippen LogP contribution in [-0.2, 0) is 9.53 Å². The molecule has 19 heavy (non-hydrogen) atoms. The number of carbonyl (C=O) groups excluding carboxylic acids is 1. The lowest BCUT2D eigenvalue weighted by Crippen LogP contribution is -2.46. The molecule has 2 saturated heterocycles. The van der Waals surface area contributed by atoms with Gasteiger partial charge in [0.25, 0.3) is 0 Å². The van der Waals surface area contributed by atoms with Crippen LogP contribution in [0.25, 0.3) is 0 Å². The smallest absolute Gasteiger partial charge is 0.244 e. The molecule has 1 unspecified atom stereocenters. The minimum Gasteiger partial charge on any atom is -0.381 e. The molecule has 4 heteroatoms. The Morgan fingerprint density at radius 2 is 1.89 bits per heavy atom. The molecule has 3 fully saturated rings. The number of nitrogens with one attached hydrogen (secondary N) is 1. The van der Waals surface area contributed by atoms with Crippen LogP contribution < -0.4 is 5.32 Å². The van der Waals surface area contributed by atoms with Crippen LogP contribution in [0.5, 0.6) is 0 Å². The van der Waals surface area contributed by atoms with Crippen LogP contribution >= 0.6 is 0 Å². The molecule has 1 atom stereocenters. The molecule has 1 N–H and O–H groups in total. The summed E-state index contributed by atoms with van der Waals surface area (Å²) in [6, 6.07) is 0. The first-order chi connectivity index (χ1) is 9.05. The van der Waals surface area contributed by atoms with Crippen molar-refractivity contribution in [3.8, 4) is 0 Å². The highest BCUT2D eigenvalue weighted by atomic mass is 16.5. The van der Waals surface area contributed by atoms with Crippen LogP contribution in [0.3, 0.4) is 0 Å². The highest BCUT2D eigenvalue weighted by molar-refractivity contribution is 5.89. The monoisotopic (exact) mass is 266 g/mol. The van der Waals surface area contributed by atoms with E-state index < -0.39 is 0 Å². The summed E-state index contributed by atoms with van der Waals surface area (Å²) in [4.78, 5) is 14.9. The summed E-state index contributed by atoms with van der Waals surface area (Å²) >= 11 is 0. The first-order valence-corrected chi connectivity index (χ1v) is 7.71. The van der Waals surface area contributed by atoms with Crippen molar-refractivity contribution in [2.45, 2.75) is 64.1 Å². The largest absolute Gasteiger partial charge is 0.381 e. The van der Waals surface area contributed by atoms with E-state index in [0.717, 1.165) is 45.4 Å². The Bertz CT molecular complexity index is 357. The van der Waals surface area contributed by atoms with Crippen LogP contribution in [0.1, 0.15) is 52.4 Å². The summed E-state index contributed by atoms with van der Waals surface area (Å²) in [5, 5.41) is 3.58. The summed E-state index contributed by atoms with van der Waals surface area (Å²) in [5.41, 5.74) is 0.00886. The molecule has 3 rings (SSSR count). The zero-order chi connectivity index (χ0) is 13.5. The molecular formula is C15H26N2O2. The first kappa shape index (κ1) is 13.4. The van der Waals surface area contributed by atoms with E-state index in [0.29, 0.717) is 5.91 Å². The minimum atomic E-state index is -0.221. The van der Waals surface area contributed by atoms with Crippen molar-refractivity contribution in [1.82, 2.24) is 10.2 Å². The number of hydrogen-bond donors (Lipinski definition) is 1. The standard InChI is InChI=1S/C15H26N2O2/c1-12-16-15(5-3-4-6-15)13(18)17(12)11-14(2)7-9-19-10-8-14/h12,16H,3-11H2,1-2H3. The molecule has 2 heterocycles. The number of carbonyl (C=O) groups is 1. The summed E-state index contributed by atoms with van der Waals surface area (Å²) < 4.78 is 5.46. The third-order valence-corrected chi connectivity index (χ3v) is 5.33. The van der Waals surface area contributed by atoms with Crippen molar-refractivity contribution >= 4 is 5.91 Å². The third kappa shape index (κ3) is 2.29. The van der Waals surface area contributed by atoms with Gasteiger partial charge in [0, 0.05) is 19.8 Å². The van der Waals surface area contributed by atoms with Gasteiger partial charge < -0.3 is 9.64 Å². The molecule has 1 saturated carbocycles. The normalized spacial score (nSPS) is 33.3. The van der Waals surface area contributed by atoms with Crippen LogP contribution in [0.2, 0.25) is 0 Å². The second-order valence-electron chi connectivity index (χ2n) is 6.97. The van der Waals surface area contributed by atoms with Gasteiger partial charge in [-0.1, -0.05) is 19.8 Å². The van der Waals surface area contributed by atoms with E-state index >= 15 is 0 Å². The molecule has 1 aliphatic carbocycles. The maximum atomic E-state index is 12.8. The summed E-state index contributed by atoms with van der Waals surface area (Å²) in [5.74, 6) is 0.352. The molecule has 0 bridgehead atoms. The molecule has 0 aromatic rings. The zero-order valence-corrected chi connectivity index (χ0v) is 12.2. The van der Waals surface area contributed by atoms with Gasteiger partial charge in [0.2, 0.25) is 5.91 Å². The van der Waals surface area contributed by atoms with Gasteiger partial charge in [0.1, 0.15) is 0 Å². The number of rotatable bonds is 2. The third-order valence-electron chi connectivity index (χ3n) is 5.33. The van der Waals surface area contributed by atoms with Gasteiger partial charge in [-0.05, 0) is 38.0 Å². The van der Waals surface area contributed by atoms with E-state index in [9.17, 15) is 4.79 Å². The average molecular weight is 266 g/mol. The quantitative estimate of drug-likeness (QED) is 0.830. The van der Waals surface area contributed by atoms with Crippen LogP contribution in [0, 0.1) is 5.41 Å². The second-order valence-corrected chi connectivity index (χ2v) is 6.97. The molecule has 108 valence electrons. The van der Waals surface area contributed by atoms with Crippen molar-refractivity contribution in [2.75, 3.05) is 19.8 Å². The lowest BCUT2D eigenvalue weighted by atomic mass is 9.81. The van der Waals surface area contributed by atoms with Crippen molar-refractivity contribution in [2.24, 2.45) is 5.41 Å². The summed E-state index contributed by atoms with van der Waals surface area (Å²) in [6.07, 6.45) is 6.73. The lowest BCUT2D eigenvalue weighted by molar-refractivity contribution is -0.135. The average Bonchev–Trinajstić information content (AvgIpc) is 2.93. The molecule has 3 aliphatic rings. The number of nitrogens with zero attached hydrogens (tertiary/aromatic N) is 1. The highest BCUT2D eigenvalue weighted by Crippen LogP contribution is 2.39. The Hall–Kier alpha value is -0.610. The number of hydrogen-bond acceptors (Lipinski definition) is 3. The van der Waals surface area contributed by atoms with Crippen LogP contribution in [0.15, 0.2) is 0 Å². The molecule has 2 aliphatic heterocycles. The van der Waals surface area contributed by atoms with E-state index in [1.807, 2.05) is 0 Å². The van der Waals surface area contributed by atoms with E-state index in [4.69, 9.17) is 4.74 Å². The fourth-order valence-corrected chi connectivity index (χ4v) is 3.97. The fourth-order valence-electron chi connectivity index (χ4n) is 3.97. The van der Waals surface area contributed by atoms with E-state index in [2.05, 4.69) is 24.1 Å². The predicted molar refractivity (Wildman–Crippen MR) is 73.7 cm³/mol. The second kappa shape index (κ2) is 4.74. The van der Waals surface area contributed by atoms with Gasteiger partial charge >= 0.3 is 0 Å². The van der Waals surface area contributed by atoms with Gasteiger partial charge in [-0.25, -0.2) is 0 Å². The Morgan fingerprint density at radius 1 is 1.26 bits per heavy atom. The summed E-state index contributed by atoms with van der Waals surface area (Å²) in [6.45, 7) is 6.99. The minimum absolute atomic E-state index is 0.185. The molecule has 0 radical (unpaired) electrons. The van der Waals surface area contributed by atoms with Gasteiger partial charge in [0.15, 0.2) is 0 Å². The molecule has 0 aromatic heterocycles. The summed E-state index contributed by atoms with van der Waals surface area (Å²) in [7, 11) is 0. The highest BCUT2D eigenvalue weighted by Gasteiger charge is 2.52. The van der Waals surface area contributed by atoms with Crippen LogP contribution in [-0.4, -0.2) is 42.3 Å². The van der Waals surface area contributed by atoms with Crippen molar-refractivity contribution in [3.05, 3.63) is 0 Å². The lowest BCUT2D eigenvalue weighted by Gasteiger charge is -2.38. The van der Waals surface area contributed by atoms with Gasteiger partial charge in [-0.3, -0.25) is 10.1 Å². The molecule has 0 aromatic carbocycles. The molecule has 4 nitrogen and oxygen atoms in total. The predicted octanol–water partition coefficient (Wildman–Crippen LogP) is 1.89. The first-order valence-electron chi connectivity index (χ1n) is 7.71. The maximum absolute atomic E-state index is 12.8. The van der Waals surface area contributed by atoms with Gasteiger partial charge in [-0.15, -0.1) is 0 Å². The topological polar surface area (TPSA) is 41.6 Å². The number of amides is 1. The van der Waals surface area contributed by atoms with Crippen molar-refractivity contribution in [1.29, 1.82) is 0 Å². The number of ether oxygens (including phenoxy) is 1. The Balaban J connectivity index is 1.72. The van der Waals surface area contributed by atoms with Crippen molar-refractivity contribution < 1.29 is 9.53 Å². The van der Waals surface area contributed by atoms with E-state index in [-0.39, 0.29) is 17.1 Å². The SMILES string of the molecule is CC1NC2(CCCC2)C(=O)N1CC1(C)CCOCC1. The fraction of sp³-hybridized carbons (Fsp3) is 0.933. The molecular weight excluding hydrogens is 240 g/mol. The maximum Gasteiger partial charge on any atom is 0.244 e. The van der Waals surface area contributed by atoms with Crippen molar-refractivity contribution in [3.63, 3.8) is 0 Å². The van der Waals surface area contributed by atoms with Gasteiger partial charge in [-0.2, -0.15) is 0 Å². The Labute approximate surface area is 115 Å². The Kier molecular flexibility index (Phi) is 3.34. The zero-order valence-electron chi connectivity index (χ0n) is 12.2. The van der Waals surface area contributed by atoms with E-state index in [1.54, 1.807) is 0 Å². The van der Waals surface area contributed by atoms with E-state index in [1.165, 1.54) is 12.8 Å². The van der Waals surface area contributed by atoms with Gasteiger partial charge in [0.05, 0.1) is 11.7 Å². The van der Waals surface area contributed by atoms with Crippen LogP contribution in [0.4, 0.5) is 0 Å². The Morgan fingerprint density at radius 3 is 2.53 bits per heavy atom. The molecule has 1 spiro atoms.